The van der Waals surface area contributed by atoms with Crippen molar-refractivity contribution in [1.29, 1.82) is 0 Å². The summed E-state index contributed by atoms with van der Waals surface area (Å²) in [7, 11) is -1.78. The number of nitrogens with one attached hydrogen (secondary N) is 1. The Morgan fingerprint density at radius 2 is 1.83 bits per heavy atom. The van der Waals surface area contributed by atoms with Crippen LogP contribution in [0.15, 0.2) is 30.5 Å². The van der Waals surface area contributed by atoms with Crippen molar-refractivity contribution in [2.24, 2.45) is 0 Å². The number of hydrogen-bond donors (Lipinski definition) is 2. The summed E-state index contributed by atoms with van der Waals surface area (Å²) >= 11 is 0. The van der Waals surface area contributed by atoms with E-state index < -0.39 is 8.32 Å². The zero-order valence-corrected chi connectivity index (χ0v) is 20.0. The summed E-state index contributed by atoms with van der Waals surface area (Å²) in [4.78, 5) is 4.44. The van der Waals surface area contributed by atoms with Crippen LogP contribution in [0.1, 0.15) is 65.7 Å². The standard InChI is InChI=1S/C24H39N3OSi/c1-23(2,3)29(4,5)28-24(14-9-6-10-15-24)16-11-17-26-22-19-12-7-8-13-21(19)27-18-20(22)25/h7-8,12-13,18H,6,9-11,14-17,25H2,1-5H3,(H,26,27). The molecule has 5 heteroatoms. The summed E-state index contributed by atoms with van der Waals surface area (Å²) in [5.41, 5.74) is 9.00. The molecule has 1 aliphatic rings. The van der Waals surface area contributed by atoms with Crippen molar-refractivity contribution in [3.8, 4) is 0 Å². The fourth-order valence-corrected chi connectivity index (χ4v) is 5.97. The quantitative estimate of drug-likeness (QED) is 0.390. The Balaban J connectivity index is 1.66. The Morgan fingerprint density at radius 3 is 2.52 bits per heavy atom. The van der Waals surface area contributed by atoms with Crippen LogP contribution in [0.25, 0.3) is 10.9 Å². The van der Waals surface area contributed by atoms with Crippen LogP contribution in [0.5, 0.6) is 0 Å². The van der Waals surface area contributed by atoms with Crippen LogP contribution in [-0.4, -0.2) is 25.4 Å². The SMILES string of the molecule is CC(C)(C)[Si](C)(C)OC1(CCCNc2c(N)cnc3ccccc23)CCCCC1. The summed E-state index contributed by atoms with van der Waals surface area (Å²) in [5.74, 6) is 0. The molecule has 3 rings (SSSR count). The van der Waals surface area contributed by atoms with Crippen LogP contribution in [0.3, 0.4) is 0 Å². The molecular formula is C24H39N3OSi. The van der Waals surface area contributed by atoms with E-state index in [1.165, 1.54) is 32.1 Å². The lowest BCUT2D eigenvalue weighted by Gasteiger charge is -2.48. The van der Waals surface area contributed by atoms with Crippen molar-refractivity contribution in [3.63, 3.8) is 0 Å². The lowest BCUT2D eigenvalue weighted by molar-refractivity contribution is 0.00772. The summed E-state index contributed by atoms with van der Waals surface area (Å²) in [6.07, 6.45) is 10.3. The first-order valence-electron chi connectivity index (χ1n) is 11.2. The molecule has 160 valence electrons. The van der Waals surface area contributed by atoms with Crippen molar-refractivity contribution in [2.45, 2.75) is 89.5 Å². The zero-order chi connectivity index (χ0) is 21.1. The van der Waals surface area contributed by atoms with Gasteiger partial charge in [0.1, 0.15) is 0 Å². The van der Waals surface area contributed by atoms with Crippen LogP contribution in [0.2, 0.25) is 18.1 Å². The van der Waals surface area contributed by atoms with E-state index in [0.29, 0.717) is 5.69 Å². The Hall–Kier alpha value is -1.59. The topological polar surface area (TPSA) is 60.2 Å². The first-order chi connectivity index (χ1) is 13.6. The average molecular weight is 414 g/mol. The molecule has 0 radical (unpaired) electrons. The second-order valence-corrected chi connectivity index (χ2v) is 15.0. The molecule has 0 bridgehead atoms. The van der Waals surface area contributed by atoms with Gasteiger partial charge < -0.3 is 15.5 Å². The molecule has 0 unspecified atom stereocenters. The predicted octanol–water partition coefficient (Wildman–Crippen LogP) is 6.73. The van der Waals surface area contributed by atoms with Gasteiger partial charge in [0.25, 0.3) is 0 Å². The third kappa shape index (κ3) is 5.12. The third-order valence-corrected chi connectivity index (χ3v) is 11.5. The molecule has 0 spiro atoms. The number of hydrogen-bond acceptors (Lipinski definition) is 4. The molecule has 1 aromatic heterocycles. The lowest BCUT2D eigenvalue weighted by Crippen LogP contribution is -2.50. The van der Waals surface area contributed by atoms with E-state index in [2.05, 4.69) is 50.2 Å². The van der Waals surface area contributed by atoms with E-state index in [1.807, 2.05) is 18.2 Å². The number of para-hydroxylation sites is 1. The van der Waals surface area contributed by atoms with E-state index in [9.17, 15) is 0 Å². The third-order valence-electron chi connectivity index (χ3n) is 6.96. The maximum absolute atomic E-state index is 7.05. The molecule has 2 aromatic rings. The minimum Gasteiger partial charge on any atom is -0.411 e. The van der Waals surface area contributed by atoms with Gasteiger partial charge in [-0.1, -0.05) is 58.2 Å². The second kappa shape index (κ2) is 8.64. The Kier molecular flexibility index (Phi) is 6.59. The van der Waals surface area contributed by atoms with Gasteiger partial charge in [0.15, 0.2) is 8.32 Å². The fourth-order valence-electron chi connectivity index (χ4n) is 4.27. The molecule has 1 fully saturated rings. The average Bonchev–Trinajstić information content (AvgIpc) is 2.66. The van der Waals surface area contributed by atoms with Crippen LogP contribution >= 0.6 is 0 Å². The van der Waals surface area contributed by atoms with Gasteiger partial charge in [-0.25, -0.2) is 0 Å². The summed E-state index contributed by atoms with van der Waals surface area (Å²) in [5, 5.41) is 4.94. The van der Waals surface area contributed by atoms with Crippen LogP contribution in [0.4, 0.5) is 11.4 Å². The first-order valence-corrected chi connectivity index (χ1v) is 14.1. The molecule has 4 nitrogen and oxygen atoms in total. The number of nitrogen functional groups attached to an aromatic ring is 1. The van der Waals surface area contributed by atoms with Crippen LogP contribution < -0.4 is 11.1 Å². The highest BCUT2D eigenvalue weighted by molar-refractivity contribution is 6.74. The molecule has 0 saturated heterocycles. The zero-order valence-electron chi connectivity index (χ0n) is 19.0. The van der Waals surface area contributed by atoms with E-state index in [-0.39, 0.29) is 10.6 Å². The molecule has 1 heterocycles. The van der Waals surface area contributed by atoms with Crippen LogP contribution in [-0.2, 0) is 4.43 Å². The molecule has 0 amide bonds. The van der Waals surface area contributed by atoms with Gasteiger partial charge in [0, 0.05) is 11.9 Å². The maximum atomic E-state index is 7.05. The smallest absolute Gasteiger partial charge is 0.192 e. The molecule has 29 heavy (non-hydrogen) atoms. The van der Waals surface area contributed by atoms with Gasteiger partial charge in [0.05, 0.1) is 28.7 Å². The van der Waals surface area contributed by atoms with Gasteiger partial charge in [-0.3, -0.25) is 4.98 Å². The van der Waals surface area contributed by atoms with Crippen molar-refractivity contribution in [2.75, 3.05) is 17.6 Å². The highest BCUT2D eigenvalue weighted by Crippen LogP contribution is 2.44. The van der Waals surface area contributed by atoms with E-state index in [0.717, 1.165) is 36.0 Å². The van der Waals surface area contributed by atoms with Crippen molar-refractivity contribution in [3.05, 3.63) is 30.5 Å². The normalized spacial score (nSPS) is 17.4. The largest absolute Gasteiger partial charge is 0.411 e. The molecule has 3 N–H and O–H groups in total. The fraction of sp³-hybridized carbons (Fsp3) is 0.625. The van der Waals surface area contributed by atoms with Gasteiger partial charge in [-0.05, 0) is 49.9 Å². The molecular weight excluding hydrogens is 374 g/mol. The number of pyridine rings is 1. The molecule has 0 atom stereocenters. The Bertz CT molecular complexity index is 822. The van der Waals surface area contributed by atoms with Gasteiger partial charge in [0.2, 0.25) is 0 Å². The number of aromatic nitrogens is 1. The second-order valence-electron chi connectivity index (χ2n) is 10.2. The Morgan fingerprint density at radius 1 is 1.14 bits per heavy atom. The minimum absolute atomic E-state index is 0.0643. The Labute approximate surface area is 177 Å². The maximum Gasteiger partial charge on any atom is 0.192 e. The molecule has 1 saturated carbocycles. The van der Waals surface area contributed by atoms with E-state index in [4.69, 9.17) is 10.2 Å². The van der Waals surface area contributed by atoms with Gasteiger partial charge in [-0.2, -0.15) is 0 Å². The van der Waals surface area contributed by atoms with E-state index in [1.54, 1.807) is 6.20 Å². The summed E-state index contributed by atoms with van der Waals surface area (Å²) in [6, 6.07) is 8.17. The number of rotatable bonds is 7. The summed E-state index contributed by atoms with van der Waals surface area (Å²) < 4.78 is 7.05. The highest BCUT2D eigenvalue weighted by Gasteiger charge is 2.44. The highest BCUT2D eigenvalue weighted by atomic mass is 28.4. The number of nitrogens with zero attached hydrogens (tertiary/aromatic N) is 1. The van der Waals surface area contributed by atoms with Crippen molar-refractivity contribution < 1.29 is 4.43 Å². The minimum atomic E-state index is -1.78. The molecule has 0 aliphatic heterocycles. The first kappa shape index (κ1) is 22.1. The van der Waals surface area contributed by atoms with Crippen LogP contribution in [0, 0.1) is 0 Å². The number of benzene rings is 1. The predicted molar refractivity (Wildman–Crippen MR) is 128 cm³/mol. The van der Waals surface area contributed by atoms with Crippen molar-refractivity contribution >= 4 is 30.6 Å². The number of nitrogens with two attached hydrogens (primary N) is 1. The number of anilines is 2. The lowest BCUT2D eigenvalue weighted by atomic mass is 9.82. The summed E-state index contributed by atoms with van der Waals surface area (Å²) in [6.45, 7) is 12.7. The van der Waals surface area contributed by atoms with Gasteiger partial charge in [-0.15, -0.1) is 0 Å². The van der Waals surface area contributed by atoms with E-state index >= 15 is 0 Å². The van der Waals surface area contributed by atoms with Gasteiger partial charge >= 0.3 is 0 Å². The monoisotopic (exact) mass is 413 g/mol. The number of fused-ring (bicyclic) bond motifs is 1. The van der Waals surface area contributed by atoms with Crippen molar-refractivity contribution in [1.82, 2.24) is 4.98 Å². The molecule has 1 aliphatic carbocycles. The molecule has 1 aromatic carbocycles.